The van der Waals surface area contributed by atoms with Gasteiger partial charge in [-0.25, -0.2) is 4.98 Å². The number of nitrogens with zero attached hydrogens (tertiary/aromatic N) is 1. The van der Waals surface area contributed by atoms with Crippen LogP contribution < -0.4 is 10.6 Å². The minimum Gasteiger partial charge on any atom is -0.385 e. The molecule has 1 aromatic heterocycles. The number of hydrogen-bond donors (Lipinski definition) is 2. The SMILES string of the molecule is CCNc1ccc(Cl)cc1C(=O)Nc1ncc(Br)cc1C. The number of aryl methyl sites for hydroxylation is 1. The number of rotatable bonds is 4. The van der Waals surface area contributed by atoms with Crippen LogP contribution in [-0.4, -0.2) is 17.4 Å². The van der Waals surface area contributed by atoms with E-state index in [1.165, 1.54) is 0 Å². The predicted molar refractivity (Wildman–Crippen MR) is 90.2 cm³/mol. The second-order valence-electron chi connectivity index (χ2n) is 4.49. The molecule has 0 saturated heterocycles. The molecule has 0 radical (unpaired) electrons. The first-order chi connectivity index (χ1) is 10.0. The minimum atomic E-state index is -0.244. The Kier molecular flexibility index (Phi) is 5.20. The number of pyridine rings is 1. The Morgan fingerprint density at radius 3 is 2.81 bits per heavy atom. The zero-order valence-electron chi connectivity index (χ0n) is 11.7. The number of amides is 1. The van der Waals surface area contributed by atoms with Crippen LogP contribution in [0.4, 0.5) is 11.5 Å². The summed E-state index contributed by atoms with van der Waals surface area (Å²) in [5, 5.41) is 6.47. The maximum Gasteiger partial charge on any atom is 0.258 e. The summed E-state index contributed by atoms with van der Waals surface area (Å²) in [6.45, 7) is 4.57. The van der Waals surface area contributed by atoms with Crippen molar-refractivity contribution >= 4 is 44.9 Å². The molecule has 0 aliphatic rings. The number of carbonyl (C=O) groups excluding carboxylic acids is 1. The number of benzene rings is 1. The third-order valence-corrected chi connectivity index (χ3v) is 3.54. The molecular weight excluding hydrogens is 354 g/mol. The molecule has 2 N–H and O–H groups in total. The molecule has 0 atom stereocenters. The van der Waals surface area contributed by atoms with Crippen molar-refractivity contribution in [2.24, 2.45) is 0 Å². The quantitative estimate of drug-likeness (QED) is 0.836. The monoisotopic (exact) mass is 367 g/mol. The van der Waals surface area contributed by atoms with E-state index in [4.69, 9.17) is 11.6 Å². The predicted octanol–water partition coefficient (Wildman–Crippen LogP) is 4.49. The van der Waals surface area contributed by atoms with E-state index >= 15 is 0 Å². The van der Waals surface area contributed by atoms with Crippen LogP contribution >= 0.6 is 27.5 Å². The van der Waals surface area contributed by atoms with E-state index < -0.39 is 0 Å². The Morgan fingerprint density at radius 2 is 2.14 bits per heavy atom. The zero-order valence-corrected chi connectivity index (χ0v) is 14.0. The van der Waals surface area contributed by atoms with Gasteiger partial charge in [0.2, 0.25) is 0 Å². The molecule has 21 heavy (non-hydrogen) atoms. The lowest BCUT2D eigenvalue weighted by Gasteiger charge is -2.12. The molecule has 2 rings (SSSR count). The first-order valence-corrected chi connectivity index (χ1v) is 7.65. The summed E-state index contributed by atoms with van der Waals surface area (Å²) < 4.78 is 0.870. The van der Waals surface area contributed by atoms with E-state index in [0.717, 1.165) is 22.3 Å². The molecule has 2 aromatic rings. The molecule has 0 fully saturated rings. The summed E-state index contributed by atoms with van der Waals surface area (Å²) in [5.41, 5.74) is 2.12. The molecule has 0 aliphatic carbocycles. The van der Waals surface area contributed by atoms with E-state index in [0.29, 0.717) is 16.4 Å². The van der Waals surface area contributed by atoms with Gasteiger partial charge in [0.25, 0.3) is 5.91 Å². The topological polar surface area (TPSA) is 54.0 Å². The molecule has 0 unspecified atom stereocenters. The van der Waals surface area contributed by atoms with Crippen molar-refractivity contribution in [3.05, 3.63) is 51.1 Å². The standard InChI is InChI=1S/C15H15BrClN3O/c1-3-18-13-5-4-11(17)7-12(13)15(21)20-14-9(2)6-10(16)8-19-14/h4-8,18H,3H2,1-2H3,(H,19,20,21). The average molecular weight is 369 g/mol. The van der Waals surface area contributed by atoms with Gasteiger partial charge in [-0.15, -0.1) is 0 Å². The molecule has 1 heterocycles. The van der Waals surface area contributed by atoms with E-state index in [9.17, 15) is 4.79 Å². The fourth-order valence-electron chi connectivity index (χ4n) is 1.90. The van der Waals surface area contributed by atoms with E-state index in [1.807, 2.05) is 19.9 Å². The highest BCUT2D eigenvalue weighted by Crippen LogP contribution is 2.23. The summed E-state index contributed by atoms with van der Waals surface area (Å²) in [6.07, 6.45) is 1.64. The fourth-order valence-corrected chi connectivity index (χ4v) is 2.51. The first kappa shape index (κ1) is 15.8. The van der Waals surface area contributed by atoms with Crippen molar-refractivity contribution in [2.45, 2.75) is 13.8 Å². The minimum absolute atomic E-state index is 0.244. The maximum absolute atomic E-state index is 12.4. The van der Waals surface area contributed by atoms with Gasteiger partial charge >= 0.3 is 0 Å². The Labute approximate surface area is 137 Å². The van der Waals surface area contributed by atoms with Crippen molar-refractivity contribution in [1.82, 2.24) is 4.98 Å². The van der Waals surface area contributed by atoms with Gasteiger partial charge in [0.05, 0.1) is 5.56 Å². The normalized spacial score (nSPS) is 10.3. The van der Waals surface area contributed by atoms with E-state index in [1.54, 1.807) is 24.4 Å². The molecule has 110 valence electrons. The Hall–Kier alpha value is -1.59. The lowest BCUT2D eigenvalue weighted by molar-refractivity contribution is 0.102. The van der Waals surface area contributed by atoms with Crippen molar-refractivity contribution in [3.63, 3.8) is 0 Å². The number of nitrogens with one attached hydrogen (secondary N) is 2. The molecule has 0 saturated carbocycles. The highest BCUT2D eigenvalue weighted by atomic mass is 79.9. The van der Waals surface area contributed by atoms with Gasteiger partial charge in [0.15, 0.2) is 0 Å². The molecular formula is C15H15BrClN3O. The van der Waals surface area contributed by atoms with Gasteiger partial charge in [-0.3, -0.25) is 4.79 Å². The van der Waals surface area contributed by atoms with Crippen LogP contribution in [0.5, 0.6) is 0 Å². The van der Waals surface area contributed by atoms with Crippen molar-refractivity contribution < 1.29 is 4.79 Å². The largest absolute Gasteiger partial charge is 0.385 e. The van der Waals surface area contributed by atoms with Gasteiger partial charge in [-0.1, -0.05) is 11.6 Å². The summed E-state index contributed by atoms with van der Waals surface area (Å²) in [7, 11) is 0. The summed E-state index contributed by atoms with van der Waals surface area (Å²) in [6, 6.07) is 7.08. The van der Waals surface area contributed by atoms with E-state index in [2.05, 4.69) is 31.5 Å². The van der Waals surface area contributed by atoms with Crippen LogP contribution in [0.3, 0.4) is 0 Å². The van der Waals surface area contributed by atoms with Crippen LogP contribution in [-0.2, 0) is 0 Å². The van der Waals surface area contributed by atoms with Crippen LogP contribution in [0.1, 0.15) is 22.8 Å². The number of halogens is 2. The molecule has 0 spiro atoms. The molecule has 1 amide bonds. The van der Waals surface area contributed by atoms with Crippen molar-refractivity contribution in [3.8, 4) is 0 Å². The fraction of sp³-hybridized carbons (Fsp3) is 0.200. The lowest BCUT2D eigenvalue weighted by atomic mass is 10.1. The third kappa shape index (κ3) is 3.95. The van der Waals surface area contributed by atoms with Gasteiger partial charge < -0.3 is 10.6 Å². The number of hydrogen-bond acceptors (Lipinski definition) is 3. The average Bonchev–Trinajstić information content (AvgIpc) is 2.44. The van der Waals surface area contributed by atoms with E-state index in [-0.39, 0.29) is 5.91 Å². The Balaban J connectivity index is 2.29. The zero-order chi connectivity index (χ0) is 15.4. The highest BCUT2D eigenvalue weighted by molar-refractivity contribution is 9.10. The second-order valence-corrected chi connectivity index (χ2v) is 5.85. The number of aromatic nitrogens is 1. The smallest absolute Gasteiger partial charge is 0.258 e. The van der Waals surface area contributed by atoms with Crippen LogP contribution in [0.15, 0.2) is 34.9 Å². The van der Waals surface area contributed by atoms with Gasteiger partial charge in [0, 0.05) is 27.9 Å². The molecule has 4 nitrogen and oxygen atoms in total. The lowest BCUT2D eigenvalue weighted by Crippen LogP contribution is -2.16. The Bertz CT molecular complexity index is 676. The van der Waals surface area contributed by atoms with Gasteiger partial charge in [-0.2, -0.15) is 0 Å². The second kappa shape index (κ2) is 6.91. The summed E-state index contributed by atoms with van der Waals surface area (Å²) in [5.74, 6) is 0.289. The van der Waals surface area contributed by atoms with Crippen LogP contribution in [0.25, 0.3) is 0 Å². The Morgan fingerprint density at radius 1 is 1.38 bits per heavy atom. The summed E-state index contributed by atoms with van der Waals surface area (Å²) in [4.78, 5) is 16.6. The van der Waals surface area contributed by atoms with Crippen molar-refractivity contribution in [1.29, 1.82) is 0 Å². The molecule has 6 heteroatoms. The van der Waals surface area contributed by atoms with Gasteiger partial charge in [0.1, 0.15) is 5.82 Å². The maximum atomic E-state index is 12.4. The third-order valence-electron chi connectivity index (χ3n) is 2.87. The summed E-state index contributed by atoms with van der Waals surface area (Å²) >= 11 is 9.33. The molecule has 0 aliphatic heterocycles. The van der Waals surface area contributed by atoms with Crippen LogP contribution in [0.2, 0.25) is 5.02 Å². The number of anilines is 2. The van der Waals surface area contributed by atoms with Gasteiger partial charge in [-0.05, 0) is 59.6 Å². The highest BCUT2D eigenvalue weighted by Gasteiger charge is 2.14. The first-order valence-electron chi connectivity index (χ1n) is 6.48. The van der Waals surface area contributed by atoms with Crippen molar-refractivity contribution in [2.75, 3.05) is 17.2 Å². The van der Waals surface area contributed by atoms with Crippen LogP contribution in [0, 0.1) is 6.92 Å². The number of carbonyl (C=O) groups is 1. The molecule has 1 aromatic carbocycles. The molecule has 0 bridgehead atoms.